The summed E-state index contributed by atoms with van der Waals surface area (Å²) in [6.07, 6.45) is 0. The largest absolute Gasteiger partial charge is 0.506 e. The zero-order valence-corrected chi connectivity index (χ0v) is 14.0. The number of anilines is 1. The maximum atomic E-state index is 12.5. The lowest BCUT2D eigenvalue weighted by molar-refractivity contribution is 0.0962. The highest BCUT2D eigenvalue weighted by Crippen LogP contribution is 2.23. The minimum absolute atomic E-state index is 0.0712. The van der Waals surface area contributed by atoms with Gasteiger partial charge in [0.1, 0.15) is 5.75 Å². The topological polar surface area (TPSA) is 96.2 Å². The van der Waals surface area contributed by atoms with Gasteiger partial charge in [0.2, 0.25) is 5.95 Å². The van der Waals surface area contributed by atoms with Crippen LogP contribution in [-0.2, 0) is 6.54 Å². The van der Waals surface area contributed by atoms with Crippen LogP contribution in [0.4, 0.5) is 5.95 Å². The number of nitrogens with zero attached hydrogens (tertiary/aromatic N) is 2. The molecule has 0 bridgehead atoms. The Morgan fingerprint density at radius 3 is 2.76 bits per heavy atom. The summed E-state index contributed by atoms with van der Waals surface area (Å²) in [6, 6.07) is 11.1. The van der Waals surface area contributed by atoms with Crippen molar-refractivity contribution in [3.63, 3.8) is 0 Å². The van der Waals surface area contributed by atoms with E-state index < -0.39 is 5.91 Å². The van der Waals surface area contributed by atoms with Crippen LogP contribution in [0, 0.1) is 0 Å². The summed E-state index contributed by atoms with van der Waals surface area (Å²) in [4.78, 5) is 29.1. The number of phenols is 1. The summed E-state index contributed by atoms with van der Waals surface area (Å²) in [7, 11) is 0. The zero-order chi connectivity index (χ0) is 18.0. The quantitative estimate of drug-likeness (QED) is 0.623. The van der Waals surface area contributed by atoms with Crippen molar-refractivity contribution in [2.75, 3.05) is 5.43 Å². The second-order valence-corrected chi connectivity index (χ2v) is 5.65. The number of rotatable bonds is 4. The van der Waals surface area contributed by atoms with Gasteiger partial charge in [-0.15, -0.1) is 0 Å². The predicted octanol–water partition coefficient (Wildman–Crippen LogP) is 2.53. The molecule has 128 valence electrons. The van der Waals surface area contributed by atoms with Gasteiger partial charge in [0, 0.05) is 12.1 Å². The van der Waals surface area contributed by atoms with Gasteiger partial charge in [-0.3, -0.25) is 25.0 Å². The fourth-order valence-electron chi connectivity index (χ4n) is 2.39. The maximum Gasteiger partial charge on any atom is 0.269 e. The molecule has 0 saturated carbocycles. The third-order valence-electron chi connectivity index (χ3n) is 3.68. The Balaban J connectivity index is 1.88. The van der Waals surface area contributed by atoms with Crippen molar-refractivity contribution >= 4 is 34.4 Å². The maximum absolute atomic E-state index is 12.5. The molecule has 2 aromatic carbocycles. The number of carbonyl (C=O) groups excluding carboxylic acids is 1. The molecule has 0 saturated heterocycles. The summed E-state index contributed by atoms with van der Waals surface area (Å²) < 4.78 is 1.42. The molecule has 3 N–H and O–H groups in total. The minimum Gasteiger partial charge on any atom is -0.506 e. The number of para-hydroxylation sites is 1. The van der Waals surface area contributed by atoms with Gasteiger partial charge in [0.05, 0.1) is 15.9 Å². The first-order valence-corrected chi connectivity index (χ1v) is 7.93. The van der Waals surface area contributed by atoms with Crippen molar-refractivity contribution in [2.24, 2.45) is 0 Å². The molecule has 3 rings (SSSR count). The molecule has 0 unspecified atom stereocenters. The first-order valence-electron chi connectivity index (χ1n) is 7.55. The third kappa shape index (κ3) is 3.27. The number of aromatic hydroxyl groups is 1. The smallest absolute Gasteiger partial charge is 0.269 e. The van der Waals surface area contributed by atoms with Gasteiger partial charge < -0.3 is 5.11 Å². The van der Waals surface area contributed by atoms with Gasteiger partial charge in [0.15, 0.2) is 0 Å². The number of halogens is 1. The number of carbonyl (C=O) groups is 1. The van der Waals surface area contributed by atoms with E-state index in [4.69, 9.17) is 11.6 Å². The van der Waals surface area contributed by atoms with Crippen molar-refractivity contribution in [2.45, 2.75) is 13.5 Å². The Morgan fingerprint density at radius 1 is 1.28 bits per heavy atom. The lowest BCUT2D eigenvalue weighted by Crippen LogP contribution is -2.34. The molecule has 0 aliphatic rings. The molecule has 7 nitrogen and oxygen atoms in total. The van der Waals surface area contributed by atoms with Crippen LogP contribution in [0.2, 0.25) is 5.02 Å². The van der Waals surface area contributed by atoms with Crippen LogP contribution in [0.25, 0.3) is 10.9 Å². The van der Waals surface area contributed by atoms with Gasteiger partial charge in [-0.2, -0.15) is 0 Å². The number of phenolic OH excluding ortho intramolecular Hbond substituents is 1. The highest BCUT2D eigenvalue weighted by molar-refractivity contribution is 6.32. The van der Waals surface area contributed by atoms with Crippen LogP contribution in [0.5, 0.6) is 5.75 Å². The SMILES string of the molecule is CCn1c(NNC(=O)c2ccc(O)c(Cl)c2)nc2ccccc2c1=O. The molecular weight excluding hydrogens is 344 g/mol. The third-order valence-corrected chi connectivity index (χ3v) is 3.98. The lowest BCUT2D eigenvalue weighted by Gasteiger charge is -2.14. The molecule has 0 fully saturated rings. The number of hydrazine groups is 1. The van der Waals surface area contributed by atoms with E-state index in [-0.39, 0.29) is 27.8 Å². The molecule has 1 aromatic heterocycles. The standard InChI is InChI=1S/C17H15ClN4O3/c1-2-22-16(25)11-5-3-4-6-13(11)19-17(22)21-20-15(24)10-7-8-14(23)12(18)9-10/h3-9,23H,2H2,1H3,(H,19,21)(H,20,24). The van der Waals surface area contributed by atoms with Crippen molar-refractivity contribution in [1.29, 1.82) is 0 Å². The molecule has 0 atom stereocenters. The summed E-state index contributed by atoms with van der Waals surface area (Å²) >= 11 is 5.80. The number of amides is 1. The molecule has 8 heteroatoms. The summed E-state index contributed by atoms with van der Waals surface area (Å²) in [5.74, 6) is -0.362. The van der Waals surface area contributed by atoms with E-state index in [2.05, 4.69) is 15.8 Å². The van der Waals surface area contributed by atoms with Gasteiger partial charge in [-0.25, -0.2) is 4.98 Å². The Morgan fingerprint density at radius 2 is 2.04 bits per heavy atom. The highest BCUT2D eigenvalue weighted by Gasteiger charge is 2.12. The number of nitrogens with one attached hydrogen (secondary N) is 2. The molecule has 1 amide bonds. The Kier molecular flexibility index (Phi) is 4.58. The normalized spacial score (nSPS) is 10.6. The number of fused-ring (bicyclic) bond motifs is 1. The monoisotopic (exact) mass is 358 g/mol. The first kappa shape index (κ1) is 16.8. The average molecular weight is 359 g/mol. The van der Waals surface area contributed by atoms with Gasteiger partial charge in [-0.05, 0) is 37.3 Å². The van der Waals surface area contributed by atoms with Crippen LogP contribution in [0.1, 0.15) is 17.3 Å². The Hall–Kier alpha value is -3.06. The molecule has 1 heterocycles. The summed E-state index contributed by atoms with van der Waals surface area (Å²) in [5.41, 5.74) is 5.74. The first-order chi connectivity index (χ1) is 12.0. The summed E-state index contributed by atoms with van der Waals surface area (Å²) in [5, 5.41) is 9.98. The van der Waals surface area contributed by atoms with Crippen LogP contribution < -0.4 is 16.4 Å². The fourth-order valence-corrected chi connectivity index (χ4v) is 2.57. The van der Waals surface area contributed by atoms with Crippen LogP contribution in [0.3, 0.4) is 0 Å². The molecular formula is C17H15ClN4O3. The van der Waals surface area contributed by atoms with Gasteiger partial charge in [-0.1, -0.05) is 23.7 Å². The van der Waals surface area contributed by atoms with Crippen LogP contribution in [0.15, 0.2) is 47.3 Å². The minimum atomic E-state index is -0.480. The average Bonchev–Trinajstić information content (AvgIpc) is 2.62. The number of benzene rings is 2. The van der Waals surface area contributed by atoms with E-state index in [9.17, 15) is 14.7 Å². The molecule has 0 radical (unpaired) electrons. The second kappa shape index (κ2) is 6.82. The molecule has 25 heavy (non-hydrogen) atoms. The molecule has 0 spiro atoms. The fraction of sp³-hybridized carbons (Fsp3) is 0.118. The summed E-state index contributed by atoms with van der Waals surface area (Å²) in [6.45, 7) is 2.20. The van der Waals surface area contributed by atoms with E-state index in [0.29, 0.717) is 17.4 Å². The van der Waals surface area contributed by atoms with E-state index >= 15 is 0 Å². The van der Waals surface area contributed by atoms with Gasteiger partial charge in [0.25, 0.3) is 11.5 Å². The van der Waals surface area contributed by atoms with Crippen molar-refractivity contribution < 1.29 is 9.90 Å². The van der Waals surface area contributed by atoms with Crippen LogP contribution in [-0.4, -0.2) is 20.6 Å². The Labute approximate surface area is 147 Å². The van der Waals surface area contributed by atoms with E-state index in [1.165, 1.54) is 22.8 Å². The van der Waals surface area contributed by atoms with E-state index in [1.54, 1.807) is 24.3 Å². The molecule has 0 aliphatic carbocycles. The van der Waals surface area contributed by atoms with E-state index in [0.717, 1.165) is 0 Å². The number of hydrogen-bond acceptors (Lipinski definition) is 5. The molecule has 0 aliphatic heterocycles. The van der Waals surface area contributed by atoms with E-state index in [1.807, 2.05) is 6.92 Å². The van der Waals surface area contributed by atoms with Crippen molar-refractivity contribution in [1.82, 2.24) is 15.0 Å². The lowest BCUT2D eigenvalue weighted by atomic mass is 10.2. The predicted molar refractivity (Wildman–Crippen MR) is 95.9 cm³/mol. The number of aromatic nitrogens is 2. The Bertz CT molecular complexity index is 1020. The van der Waals surface area contributed by atoms with Crippen LogP contribution >= 0.6 is 11.6 Å². The molecule has 3 aromatic rings. The van der Waals surface area contributed by atoms with Crippen molar-refractivity contribution in [3.8, 4) is 5.75 Å². The highest BCUT2D eigenvalue weighted by atomic mass is 35.5. The second-order valence-electron chi connectivity index (χ2n) is 5.25. The zero-order valence-electron chi connectivity index (χ0n) is 13.3. The van der Waals surface area contributed by atoms with Gasteiger partial charge >= 0.3 is 0 Å². The van der Waals surface area contributed by atoms with Crippen molar-refractivity contribution in [3.05, 3.63) is 63.4 Å². The number of hydrogen-bond donors (Lipinski definition) is 3.